The van der Waals surface area contributed by atoms with E-state index in [4.69, 9.17) is 9.47 Å². The number of morpholine rings is 1. The summed E-state index contributed by atoms with van der Waals surface area (Å²) in [6.45, 7) is 5.70. The number of hydrogen-bond acceptors (Lipinski definition) is 4. The van der Waals surface area contributed by atoms with Gasteiger partial charge in [0.1, 0.15) is 17.5 Å². The highest BCUT2D eigenvalue weighted by atomic mass is 19.4. The van der Waals surface area contributed by atoms with Crippen LogP contribution in [0.4, 0.5) is 18.0 Å². The molecule has 1 fully saturated rings. The molecule has 0 saturated carbocycles. The summed E-state index contributed by atoms with van der Waals surface area (Å²) >= 11 is 0. The maximum Gasteiger partial charge on any atom is 0.416 e. The van der Waals surface area contributed by atoms with Crippen molar-refractivity contribution in [1.82, 2.24) is 4.90 Å². The molecule has 24 heavy (non-hydrogen) atoms. The highest BCUT2D eigenvalue weighted by Gasteiger charge is 2.34. The number of benzene rings is 1. The first-order chi connectivity index (χ1) is 11.0. The second-order valence-electron chi connectivity index (χ2n) is 6.60. The molecule has 1 amide bonds. The van der Waals surface area contributed by atoms with Crippen LogP contribution >= 0.6 is 0 Å². The second-order valence-corrected chi connectivity index (χ2v) is 6.60. The third-order valence-corrected chi connectivity index (χ3v) is 3.36. The molecular formula is C16H20F3NO4. The maximum atomic E-state index is 12.9. The van der Waals surface area contributed by atoms with E-state index in [0.29, 0.717) is 6.07 Å². The predicted octanol–water partition coefficient (Wildman–Crippen LogP) is 3.72. The highest BCUT2D eigenvalue weighted by molar-refractivity contribution is 5.68. The molecular weight excluding hydrogens is 327 g/mol. The lowest BCUT2D eigenvalue weighted by molar-refractivity contribution is -0.137. The van der Waals surface area contributed by atoms with Crippen LogP contribution in [-0.4, -0.2) is 41.4 Å². The van der Waals surface area contributed by atoms with Crippen LogP contribution in [0.15, 0.2) is 18.2 Å². The summed E-state index contributed by atoms with van der Waals surface area (Å²) in [7, 11) is 0. The fraction of sp³-hybridized carbons (Fsp3) is 0.562. The van der Waals surface area contributed by atoms with Crippen molar-refractivity contribution in [1.29, 1.82) is 0 Å². The molecule has 0 aliphatic carbocycles. The van der Waals surface area contributed by atoms with E-state index in [1.165, 1.54) is 11.0 Å². The fourth-order valence-electron chi connectivity index (χ4n) is 2.33. The number of nitrogens with zero attached hydrogens (tertiary/aromatic N) is 1. The van der Waals surface area contributed by atoms with E-state index in [2.05, 4.69) is 0 Å². The lowest BCUT2D eigenvalue weighted by Crippen LogP contribution is -2.44. The Morgan fingerprint density at radius 3 is 2.54 bits per heavy atom. The zero-order chi connectivity index (χ0) is 18.1. The average molecular weight is 347 g/mol. The third kappa shape index (κ3) is 4.77. The largest absolute Gasteiger partial charge is 0.508 e. The maximum absolute atomic E-state index is 12.9. The lowest BCUT2D eigenvalue weighted by Gasteiger charge is -2.34. The van der Waals surface area contributed by atoms with Crippen LogP contribution in [0, 0.1) is 0 Å². The summed E-state index contributed by atoms with van der Waals surface area (Å²) in [5.74, 6) is -0.502. The first-order valence-corrected chi connectivity index (χ1v) is 7.46. The Hall–Kier alpha value is -1.96. The molecule has 0 radical (unpaired) electrons. The number of halogens is 3. The van der Waals surface area contributed by atoms with Gasteiger partial charge < -0.3 is 19.5 Å². The first-order valence-electron chi connectivity index (χ1n) is 7.46. The summed E-state index contributed by atoms with van der Waals surface area (Å²) in [5, 5.41) is 9.56. The van der Waals surface area contributed by atoms with Gasteiger partial charge in [0.2, 0.25) is 0 Å². The Morgan fingerprint density at radius 1 is 1.29 bits per heavy atom. The molecule has 1 heterocycles. The van der Waals surface area contributed by atoms with Crippen molar-refractivity contribution in [3.8, 4) is 5.75 Å². The van der Waals surface area contributed by atoms with Crippen LogP contribution in [-0.2, 0) is 15.7 Å². The van der Waals surface area contributed by atoms with Crippen LogP contribution in [0.1, 0.15) is 38.0 Å². The molecule has 1 atom stereocenters. The molecule has 0 bridgehead atoms. The fourth-order valence-corrected chi connectivity index (χ4v) is 2.33. The molecule has 8 heteroatoms. The smallest absolute Gasteiger partial charge is 0.416 e. The topological polar surface area (TPSA) is 59.0 Å². The minimum atomic E-state index is -4.58. The van der Waals surface area contributed by atoms with Gasteiger partial charge in [-0.3, -0.25) is 0 Å². The van der Waals surface area contributed by atoms with Gasteiger partial charge in [0.15, 0.2) is 0 Å². The number of amides is 1. The van der Waals surface area contributed by atoms with E-state index in [1.807, 2.05) is 0 Å². The van der Waals surface area contributed by atoms with Crippen molar-refractivity contribution >= 4 is 6.09 Å². The van der Waals surface area contributed by atoms with Crippen molar-refractivity contribution in [3.05, 3.63) is 29.3 Å². The Kier molecular flexibility index (Phi) is 4.98. The van der Waals surface area contributed by atoms with Crippen LogP contribution < -0.4 is 0 Å². The number of phenolic OH excluding ortho intramolecular Hbond substituents is 1. The van der Waals surface area contributed by atoms with E-state index < -0.39 is 35.3 Å². The van der Waals surface area contributed by atoms with Crippen molar-refractivity contribution < 1.29 is 32.5 Å². The van der Waals surface area contributed by atoms with Crippen molar-refractivity contribution in [2.45, 2.75) is 38.7 Å². The van der Waals surface area contributed by atoms with E-state index >= 15 is 0 Å². The average Bonchev–Trinajstić information content (AvgIpc) is 2.44. The lowest BCUT2D eigenvalue weighted by atomic mass is 10.0. The summed E-state index contributed by atoms with van der Waals surface area (Å²) in [6.07, 6.45) is -5.89. The highest BCUT2D eigenvalue weighted by Crippen LogP contribution is 2.35. The Balaban J connectivity index is 2.18. The van der Waals surface area contributed by atoms with Gasteiger partial charge in [0, 0.05) is 6.54 Å². The van der Waals surface area contributed by atoms with E-state index in [9.17, 15) is 23.1 Å². The zero-order valence-electron chi connectivity index (χ0n) is 13.7. The zero-order valence-corrected chi connectivity index (χ0v) is 13.7. The standard InChI is InChI=1S/C16H20F3NO4/c1-15(2,3)24-14(22)20-4-5-23-13(9-20)10-6-11(16(17,18)19)8-12(21)7-10/h6-8,13,21H,4-5,9H2,1-3H3/t13-/m0/s1. The van der Waals surface area contributed by atoms with Gasteiger partial charge in [-0.25, -0.2) is 4.79 Å². The Bertz CT molecular complexity index is 610. The molecule has 0 aromatic heterocycles. The minimum Gasteiger partial charge on any atom is -0.508 e. The molecule has 1 saturated heterocycles. The van der Waals surface area contributed by atoms with Crippen LogP contribution in [0.3, 0.4) is 0 Å². The SMILES string of the molecule is CC(C)(C)OC(=O)N1CCO[C@H](c2cc(O)cc(C(F)(F)F)c2)C1. The first kappa shape index (κ1) is 18.4. The number of aromatic hydroxyl groups is 1. The Labute approximate surface area is 138 Å². The van der Waals surface area contributed by atoms with Crippen molar-refractivity contribution in [3.63, 3.8) is 0 Å². The molecule has 5 nitrogen and oxygen atoms in total. The van der Waals surface area contributed by atoms with Crippen LogP contribution in [0.5, 0.6) is 5.75 Å². The number of alkyl halides is 3. The summed E-state index contributed by atoms with van der Waals surface area (Å²) in [5.41, 5.74) is -1.47. The van der Waals surface area contributed by atoms with Crippen LogP contribution in [0.25, 0.3) is 0 Å². The number of carbonyl (C=O) groups excluding carboxylic acids is 1. The monoisotopic (exact) mass is 347 g/mol. The molecule has 1 aromatic rings. The summed E-state index contributed by atoms with van der Waals surface area (Å²) in [6, 6.07) is 2.78. The number of ether oxygens (including phenoxy) is 2. The van der Waals surface area contributed by atoms with Gasteiger partial charge in [-0.2, -0.15) is 13.2 Å². The van der Waals surface area contributed by atoms with Crippen molar-refractivity contribution in [2.75, 3.05) is 19.7 Å². The van der Waals surface area contributed by atoms with Gasteiger partial charge >= 0.3 is 12.3 Å². The number of carbonyl (C=O) groups is 1. The quantitative estimate of drug-likeness (QED) is 0.841. The van der Waals surface area contributed by atoms with Gasteiger partial charge in [-0.05, 0) is 44.5 Å². The molecule has 1 aliphatic heterocycles. The normalized spacial score (nSPS) is 19.2. The van der Waals surface area contributed by atoms with E-state index in [1.54, 1.807) is 20.8 Å². The molecule has 134 valence electrons. The summed E-state index contributed by atoms with van der Waals surface area (Å²) in [4.78, 5) is 13.5. The summed E-state index contributed by atoms with van der Waals surface area (Å²) < 4.78 is 49.3. The van der Waals surface area contributed by atoms with Crippen molar-refractivity contribution in [2.24, 2.45) is 0 Å². The second kappa shape index (κ2) is 6.51. The molecule has 0 unspecified atom stereocenters. The number of phenols is 1. The molecule has 0 spiro atoms. The van der Waals surface area contributed by atoms with Crippen LogP contribution in [0.2, 0.25) is 0 Å². The number of hydrogen-bond donors (Lipinski definition) is 1. The van der Waals surface area contributed by atoms with E-state index in [-0.39, 0.29) is 25.3 Å². The number of rotatable bonds is 1. The molecule has 1 aliphatic rings. The van der Waals surface area contributed by atoms with Gasteiger partial charge in [0.05, 0.1) is 18.7 Å². The minimum absolute atomic E-state index is 0.0513. The van der Waals surface area contributed by atoms with Gasteiger partial charge in [0.25, 0.3) is 0 Å². The van der Waals surface area contributed by atoms with Gasteiger partial charge in [-0.1, -0.05) is 0 Å². The molecule has 2 rings (SSSR count). The predicted molar refractivity (Wildman–Crippen MR) is 79.6 cm³/mol. The molecule has 1 aromatic carbocycles. The molecule has 1 N–H and O–H groups in total. The third-order valence-electron chi connectivity index (χ3n) is 3.36. The Morgan fingerprint density at radius 2 is 1.96 bits per heavy atom. The van der Waals surface area contributed by atoms with Gasteiger partial charge in [-0.15, -0.1) is 0 Å². The van der Waals surface area contributed by atoms with E-state index in [0.717, 1.165) is 6.07 Å².